The Morgan fingerprint density at radius 2 is 1.65 bits per heavy atom. The summed E-state index contributed by atoms with van der Waals surface area (Å²) in [5.74, 6) is 2.41. The molecule has 1 aromatic rings. The lowest BCUT2D eigenvalue weighted by Gasteiger charge is -2.41. The molecule has 3 saturated carbocycles. The quantitative estimate of drug-likeness (QED) is 0.787. The molecule has 1 heteroatoms. The predicted molar refractivity (Wildman–Crippen MR) is 82.9 cm³/mol. The average molecular weight is 270 g/mol. The fourth-order valence-corrected chi connectivity index (χ4v) is 4.57. The second-order valence-corrected chi connectivity index (χ2v) is 7.14. The Labute approximate surface area is 122 Å². The molecule has 1 atom stereocenters. The van der Waals surface area contributed by atoms with Gasteiger partial charge in [0.25, 0.3) is 0 Å². The molecule has 0 amide bonds. The van der Waals surface area contributed by atoms with Gasteiger partial charge in [0.05, 0.1) is 0 Å². The van der Waals surface area contributed by atoms with Crippen LogP contribution in [0.15, 0.2) is 12.1 Å². The third-order valence-electron chi connectivity index (χ3n) is 5.65. The van der Waals surface area contributed by atoms with Gasteiger partial charge in [0, 0.05) is 12.3 Å². The zero-order chi connectivity index (χ0) is 14.3. The van der Waals surface area contributed by atoms with E-state index in [-0.39, 0.29) is 0 Å². The van der Waals surface area contributed by atoms with Crippen molar-refractivity contribution >= 4 is 5.78 Å². The monoisotopic (exact) mass is 270 g/mol. The first-order chi connectivity index (χ1) is 9.54. The molecule has 2 bridgehead atoms. The van der Waals surface area contributed by atoms with Crippen LogP contribution in [-0.4, -0.2) is 5.78 Å². The maximum absolute atomic E-state index is 12.7. The van der Waals surface area contributed by atoms with Crippen molar-refractivity contribution in [2.45, 2.75) is 59.3 Å². The van der Waals surface area contributed by atoms with Crippen molar-refractivity contribution in [2.75, 3.05) is 0 Å². The molecule has 3 aliphatic carbocycles. The van der Waals surface area contributed by atoms with E-state index in [1.165, 1.54) is 54.4 Å². The van der Waals surface area contributed by atoms with Crippen molar-refractivity contribution in [3.63, 3.8) is 0 Å². The number of hydrogen-bond acceptors (Lipinski definition) is 1. The highest BCUT2D eigenvalue weighted by molar-refractivity contribution is 5.84. The number of ketones is 1. The van der Waals surface area contributed by atoms with Gasteiger partial charge in [-0.3, -0.25) is 4.79 Å². The maximum atomic E-state index is 12.7. The van der Waals surface area contributed by atoms with E-state index in [9.17, 15) is 4.79 Å². The van der Waals surface area contributed by atoms with Gasteiger partial charge in [-0.05, 0) is 68.6 Å². The van der Waals surface area contributed by atoms with Gasteiger partial charge in [-0.15, -0.1) is 0 Å². The minimum atomic E-state index is 0.364. The van der Waals surface area contributed by atoms with Gasteiger partial charge in [-0.2, -0.15) is 0 Å². The largest absolute Gasteiger partial charge is 0.299 e. The molecule has 0 aromatic heterocycles. The summed E-state index contributed by atoms with van der Waals surface area (Å²) in [6.07, 6.45) is 7.17. The van der Waals surface area contributed by atoms with E-state index in [1.807, 2.05) is 0 Å². The molecule has 0 heterocycles. The summed E-state index contributed by atoms with van der Waals surface area (Å²) in [7, 11) is 0. The molecule has 20 heavy (non-hydrogen) atoms. The standard InChI is InChI=1S/C19H26O/c1-12-8-13(2)17(14(3)9-12)11-19(20)18-10-15-4-6-16(18)7-5-15/h8-9,15-16,18H,4-7,10-11H2,1-3H3. The molecule has 3 fully saturated rings. The molecule has 1 unspecified atom stereocenters. The molecular weight excluding hydrogens is 244 g/mol. The van der Waals surface area contributed by atoms with E-state index in [0.717, 1.165) is 5.92 Å². The number of hydrogen-bond donors (Lipinski definition) is 0. The van der Waals surface area contributed by atoms with Gasteiger partial charge in [-0.25, -0.2) is 0 Å². The van der Waals surface area contributed by atoms with Crippen LogP contribution in [-0.2, 0) is 11.2 Å². The number of carbonyl (C=O) groups excluding carboxylic acids is 1. The molecule has 0 spiro atoms. The Hall–Kier alpha value is -1.11. The van der Waals surface area contributed by atoms with Crippen molar-refractivity contribution in [3.8, 4) is 0 Å². The minimum absolute atomic E-state index is 0.364. The van der Waals surface area contributed by atoms with Crippen molar-refractivity contribution in [3.05, 3.63) is 34.4 Å². The summed E-state index contributed by atoms with van der Waals surface area (Å²) in [4.78, 5) is 12.7. The number of fused-ring (bicyclic) bond motifs is 3. The van der Waals surface area contributed by atoms with Gasteiger partial charge in [0.1, 0.15) is 5.78 Å². The number of carbonyl (C=O) groups is 1. The highest BCUT2D eigenvalue weighted by Crippen LogP contribution is 2.45. The topological polar surface area (TPSA) is 17.1 Å². The van der Waals surface area contributed by atoms with E-state index in [2.05, 4.69) is 32.9 Å². The molecular formula is C19H26O. The zero-order valence-electron chi connectivity index (χ0n) is 13.0. The molecule has 108 valence electrons. The van der Waals surface area contributed by atoms with Crippen LogP contribution < -0.4 is 0 Å². The SMILES string of the molecule is Cc1cc(C)c(CC(=O)C2CC3CCC2CC3)c(C)c1. The summed E-state index contributed by atoms with van der Waals surface area (Å²) >= 11 is 0. The lowest BCUT2D eigenvalue weighted by Crippen LogP contribution is -2.36. The maximum Gasteiger partial charge on any atom is 0.140 e. The zero-order valence-corrected chi connectivity index (χ0v) is 13.0. The highest BCUT2D eigenvalue weighted by Gasteiger charge is 2.39. The Bertz CT molecular complexity index is 498. The normalized spacial score (nSPS) is 28.6. The molecule has 0 radical (unpaired) electrons. The van der Waals surface area contributed by atoms with Crippen LogP contribution in [0.1, 0.15) is 54.4 Å². The predicted octanol–water partition coefficient (Wildman–Crippen LogP) is 4.55. The first-order valence-electron chi connectivity index (χ1n) is 8.14. The lowest BCUT2D eigenvalue weighted by atomic mass is 9.63. The minimum Gasteiger partial charge on any atom is -0.299 e. The molecule has 1 aromatic carbocycles. The van der Waals surface area contributed by atoms with Crippen molar-refractivity contribution in [2.24, 2.45) is 17.8 Å². The fraction of sp³-hybridized carbons (Fsp3) is 0.632. The summed E-state index contributed by atoms with van der Waals surface area (Å²) in [6, 6.07) is 4.42. The molecule has 4 rings (SSSR count). The second kappa shape index (κ2) is 5.35. The van der Waals surface area contributed by atoms with Gasteiger partial charge in [0.15, 0.2) is 0 Å². The first kappa shape index (κ1) is 13.9. The Balaban J connectivity index is 1.76. The van der Waals surface area contributed by atoms with E-state index in [0.29, 0.717) is 24.0 Å². The van der Waals surface area contributed by atoms with Gasteiger partial charge in [0.2, 0.25) is 0 Å². The van der Waals surface area contributed by atoms with Gasteiger partial charge in [-0.1, -0.05) is 30.5 Å². The third kappa shape index (κ3) is 2.55. The number of Topliss-reactive ketones (excluding diaryl/α,β-unsaturated/α-hetero) is 1. The van der Waals surface area contributed by atoms with Crippen LogP contribution >= 0.6 is 0 Å². The first-order valence-corrected chi connectivity index (χ1v) is 8.14. The van der Waals surface area contributed by atoms with Crippen LogP contribution in [0.2, 0.25) is 0 Å². The molecule has 3 aliphatic rings. The summed E-state index contributed by atoms with van der Waals surface area (Å²) in [5.41, 5.74) is 5.16. The number of benzene rings is 1. The van der Waals surface area contributed by atoms with Crippen LogP contribution in [0, 0.1) is 38.5 Å². The van der Waals surface area contributed by atoms with Crippen LogP contribution in [0.3, 0.4) is 0 Å². The molecule has 0 N–H and O–H groups in total. The van der Waals surface area contributed by atoms with Crippen molar-refractivity contribution in [1.29, 1.82) is 0 Å². The average Bonchev–Trinajstić information content (AvgIpc) is 2.43. The van der Waals surface area contributed by atoms with Crippen molar-refractivity contribution in [1.82, 2.24) is 0 Å². The Morgan fingerprint density at radius 3 is 2.15 bits per heavy atom. The summed E-state index contributed by atoms with van der Waals surface area (Å²) < 4.78 is 0. The lowest BCUT2D eigenvalue weighted by molar-refractivity contribution is -0.127. The van der Waals surface area contributed by atoms with E-state index in [4.69, 9.17) is 0 Å². The van der Waals surface area contributed by atoms with E-state index < -0.39 is 0 Å². The Kier molecular flexibility index (Phi) is 3.70. The Morgan fingerprint density at radius 1 is 1.05 bits per heavy atom. The van der Waals surface area contributed by atoms with Gasteiger partial charge >= 0.3 is 0 Å². The fourth-order valence-electron chi connectivity index (χ4n) is 4.57. The molecule has 0 saturated heterocycles. The van der Waals surface area contributed by atoms with E-state index >= 15 is 0 Å². The summed E-state index contributed by atoms with van der Waals surface area (Å²) in [6.45, 7) is 6.43. The molecule has 0 aliphatic heterocycles. The van der Waals surface area contributed by atoms with Crippen LogP contribution in [0.25, 0.3) is 0 Å². The number of aryl methyl sites for hydroxylation is 3. The second-order valence-electron chi connectivity index (χ2n) is 7.14. The van der Waals surface area contributed by atoms with Crippen LogP contribution in [0.4, 0.5) is 0 Å². The van der Waals surface area contributed by atoms with Crippen molar-refractivity contribution < 1.29 is 4.79 Å². The molecule has 1 nitrogen and oxygen atoms in total. The van der Waals surface area contributed by atoms with Gasteiger partial charge < -0.3 is 0 Å². The third-order valence-corrected chi connectivity index (χ3v) is 5.65. The van der Waals surface area contributed by atoms with Crippen LogP contribution in [0.5, 0.6) is 0 Å². The van der Waals surface area contributed by atoms with E-state index in [1.54, 1.807) is 0 Å². The highest BCUT2D eigenvalue weighted by atomic mass is 16.1. The summed E-state index contributed by atoms with van der Waals surface area (Å²) in [5, 5.41) is 0. The smallest absolute Gasteiger partial charge is 0.140 e. The number of rotatable bonds is 3.